The van der Waals surface area contributed by atoms with Crippen LogP contribution in [-0.4, -0.2) is 46.1 Å². The van der Waals surface area contributed by atoms with E-state index >= 15 is 0 Å². The van der Waals surface area contributed by atoms with Crippen molar-refractivity contribution in [3.63, 3.8) is 0 Å². The van der Waals surface area contributed by atoms with Crippen molar-refractivity contribution >= 4 is 0 Å². The highest BCUT2D eigenvalue weighted by Gasteiger charge is 2.60. The van der Waals surface area contributed by atoms with Crippen molar-refractivity contribution in [2.24, 2.45) is 69.0 Å². The molecule has 0 saturated heterocycles. The van der Waals surface area contributed by atoms with Crippen molar-refractivity contribution in [2.45, 2.75) is 273 Å². The van der Waals surface area contributed by atoms with Crippen LogP contribution in [0, 0.1) is 69.0 Å². The summed E-state index contributed by atoms with van der Waals surface area (Å²) in [6, 6.07) is 5.02. The van der Waals surface area contributed by atoms with Crippen LogP contribution >= 0.6 is 0 Å². The molecule has 7 rings (SSSR count). The van der Waals surface area contributed by atoms with Gasteiger partial charge in [-0.05, 0) is 185 Å². The molecule has 8 atom stereocenters. The van der Waals surface area contributed by atoms with E-state index in [1.165, 1.54) is 154 Å². The molecule has 0 aromatic heterocycles. The van der Waals surface area contributed by atoms with E-state index in [2.05, 4.69) is 92.9 Å². The molecule has 56 heavy (non-hydrogen) atoms. The van der Waals surface area contributed by atoms with Gasteiger partial charge in [0.15, 0.2) is 0 Å². The molecular formula is C54H98N2. The van der Waals surface area contributed by atoms with Crippen molar-refractivity contribution in [3.05, 3.63) is 0 Å². The van der Waals surface area contributed by atoms with Crippen LogP contribution in [0.3, 0.4) is 0 Å². The Labute approximate surface area is 351 Å². The Hall–Kier alpha value is -0.0800. The quantitative estimate of drug-likeness (QED) is 0.265. The standard InChI is InChI=1S/C54H98N2/c1-51(2,3)37-23-29-43(30-24-37)55(41-19-15-13-16-20-41)49-45-33-27-40(54(10,11)12)36-48(45)50(46-34-28-39(35-47(46)49)53(7,8)9)56(42-21-17-14-18-22-42)44-31-25-38(26-32-44)52(4,5)6/h37-50H,13-36H2,1-12H3. The first-order valence-corrected chi connectivity index (χ1v) is 25.9. The highest BCUT2D eigenvalue weighted by molar-refractivity contribution is 5.12. The van der Waals surface area contributed by atoms with E-state index in [4.69, 9.17) is 0 Å². The van der Waals surface area contributed by atoms with E-state index in [0.29, 0.717) is 21.7 Å². The Balaban J connectivity index is 1.33. The van der Waals surface area contributed by atoms with Crippen molar-refractivity contribution in [1.82, 2.24) is 9.80 Å². The maximum atomic E-state index is 3.49. The lowest BCUT2D eigenvalue weighted by Crippen LogP contribution is -2.70. The van der Waals surface area contributed by atoms with E-state index in [9.17, 15) is 0 Å². The van der Waals surface area contributed by atoms with Crippen LogP contribution in [0.1, 0.15) is 237 Å². The van der Waals surface area contributed by atoms with Gasteiger partial charge in [0.1, 0.15) is 0 Å². The van der Waals surface area contributed by atoms with Crippen molar-refractivity contribution in [1.29, 1.82) is 0 Å². The first-order valence-electron chi connectivity index (χ1n) is 25.9. The second-order valence-corrected chi connectivity index (χ2v) is 26.6. The fourth-order valence-electron chi connectivity index (χ4n) is 16.0. The summed E-state index contributed by atoms with van der Waals surface area (Å²) in [4.78, 5) is 6.98. The van der Waals surface area contributed by atoms with Gasteiger partial charge in [-0.15, -0.1) is 0 Å². The smallest absolute Gasteiger partial charge is 0.0164 e. The minimum atomic E-state index is 0.417. The van der Waals surface area contributed by atoms with Crippen molar-refractivity contribution in [3.8, 4) is 0 Å². The second-order valence-electron chi connectivity index (χ2n) is 26.6. The van der Waals surface area contributed by atoms with Crippen molar-refractivity contribution in [2.75, 3.05) is 0 Å². The zero-order valence-corrected chi connectivity index (χ0v) is 39.9. The van der Waals surface area contributed by atoms with E-state index in [1.807, 2.05) is 0 Å². The monoisotopic (exact) mass is 775 g/mol. The summed E-state index contributed by atoms with van der Waals surface area (Å²) in [6.45, 7) is 31.0. The van der Waals surface area contributed by atoms with Gasteiger partial charge in [0, 0.05) is 36.3 Å². The fraction of sp³-hybridized carbons (Fsp3) is 1.00. The fourth-order valence-corrected chi connectivity index (χ4v) is 16.0. The summed E-state index contributed by atoms with van der Waals surface area (Å²) < 4.78 is 0. The summed E-state index contributed by atoms with van der Waals surface area (Å²) in [6.07, 6.45) is 35.7. The van der Waals surface area contributed by atoms with Crippen LogP contribution in [0.4, 0.5) is 0 Å². The van der Waals surface area contributed by atoms with Gasteiger partial charge in [-0.2, -0.15) is 0 Å². The summed E-state index contributed by atoms with van der Waals surface area (Å²) in [5, 5.41) is 0. The van der Waals surface area contributed by atoms with Gasteiger partial charge in [0.2, 0.25) is 0 Å². The number of nitrogens with zero attached hydrogens (tertiary/aromatic N) is 2. The molecule has 324 valence electrons. The summed E-state index contributed by atoms with van der Waals surface area (Å²) in [5.41, 5.74) is 1.75. The average Bonchev–Trinajstić information content (AvgIpc) is 3.15. The van der Waals surface area contributed by atoms with Crippen LogP contribution in [-0.2, 0) is 0 Å². The highest BCUT2D eigenvalue weighted by Crippen LogP contribution is 2.61. The lowest BCUT2D eigenvalue weighted by atomic mass is 9.49. The topological polar surface area (TPSA) is 6.48 Å². The predicted molar refractivity (Wildman–Crippen MR) is 243 cm³/mol. The van der Waals surface area contributed by atoms with Gasteiger partial charge in [-0.3, -0.25) is 9.80 Å². The number of rotatable bonds is 6. The molecule has 0 N–H and O–H groups in total. The number of hydrogen-bond acceptors (Lipinski definition) is 2. The number of hydrogen-bond donors (Lipinski definition) is 0. The third-order valence-corrected chi connectivity index (χ3v) is 19.5. The Morgan fingerprint density at radius 1 is 0.268 bits per heavy atom. The molecule has 0 amide bonds. The van der Waals surface area contributed by atoms with E-state index < -0.39 is 0 Å². The maximum absolute atomic E-state index is 3.49. The molecule has 2 heteroatoms. The van der Waals surface area contributed by atoms with Crippen LogP contribution in [0.2, 0.25) is 0 Å². The largest absolute Gasteiger partial charge is 0.294 e. The SMILES string of the molecule is CC(C)(C)C1CCC(N(C2CCCCC2)C2C3CCC(C(C)(C)C)CC3C(N(C3CCCCC3)C3CCC(C(C)(C)C)CC3)C3CCC(C(C)(C)C)CC32)CC1. The van der Waals surface area contributed by atoms with Gasteiger partial charge in [-0.25, -0.2) is 0 Å². The third-order valence-electron chi connectivity index (χ3n) is 19.5. The van der Waals surface area contributed by atoms with Crippen LogP contribution < -0.4 is 0 Å². The van der Waals surface area contributed by atoms with Crippen LogP contribution in [0.5, 0.6) is 0 Å². The minimum Gasteiger partial charge on any atom is -0.294 e. The molecule has 2 nitrogen and oxygen atoms in total. The molecule has 0 radical (unpaired) electrons. The first kappa shape index (κ1) is 44.0. The lowest BCUT2D eigenvalue weighted by molar-refractivity contribution is -0.166. The molecule has 7 fully saturated rings. The molecule has 8 unspecified atom stereocenters. The molecule has 7 aliphatic carbocycles. The molecular weight excluding hydrogens is 677 g/mol. The molecule has 0 aromatic carbocycles. The normalized spacial score (nSPS) is 40.4. The molecule has 0 aromatic rings. The Kier molecular flexibility index (Phi) is 13.6. The third kappa shape index (κ3) is 9.52. The molecule has 7 saturated carbocycles. The summed E-state index contributed by atoms with van der Waals surface area (Å²) >= 11 is 0. The predicted octanol–water partition coefficient (Wildman–Crippen LogP) is 15.4. The van der Waals surface area contributed by atoms with Crippen LogP contribution in [0.25, 0.3) is 0 Å². The molecule has 7 aliphatic rings. The average molecular weight is 775 g/mol. The van der Waals surface area contributed by atoms with Gasteiger partial charge in [0.25, 0.3) is 0 Å². The van der Waals surface area contributed by atoms with E-state index in [0.717, 1.165) is 83.6 Å². The molecule has 0 heterocycles. The number of fused-ring (bicyclic) bond motifs is 2. The van der Waals surface area contributed by atoms with Crippen molar-refractivity contribution < 1.29 is 0 Å². The molecule has 0 aliphatic heterocycles. The Morgan fingerprint density at radius 2 is 0.536 bits per heavy atom. The maximum Gasteiger partial charge on any atom is 0.0164 e. The van der Waals surface area contributed by atoms with Crippen LogP contribution in [0.15, 0.2) is 0 Å². The molecule has 0 bridgehead atoms. The Bertz CT molecular complexity index is 1110. The van der Waals surface area contributed by atoms with Gasteiger partial charge in [0.05, 0.1) is 0 Å². The second kappa shape index (κ2) is 17.4. The van der Waals surface area contributed by atoms with Gasteiger partial charge >= 0.3 is 0 Å². The summed E-state index contributed by atoms with van der Waals surface area (Å²) in [7, 11) is 0. The highest BCUT2D eigenvalue weighted by atomic mass is 15.3. The molecule has 0 spiro atoms. The lowest BCUT2D eigenvalue weighted by Gasteiger charge is -2.66. The zero-order valence-electron chi connectivity index (χ0n) is 39.9. The minimum absolute atomic E-state index is 0.417. The van der Waals surface area contributed by atoms with Gasteiger partial charge < -0.3 is 0 Å². The zero-order chi connectivity index (χ0) is 40.2. The van der Waals surface area contributed by atoms with E-state index in [-0.39, 0.29) is 0 Å². The summed E-state index contributed by atoms with van der Waals surface area (Å²) in [5.74, 6) is 7.16. The first-order chi connectivity index (χ1) is 26.3. The van der Waals surface area contributed by atoms with E-state index in [1.54, 1.807) is 0 Å². The van der Waals surface area contributed by atoms with Gasteiger partial charge in [-0.1, -0.05) is 122 Å². The Morgan fingerprint density at radius 3 is 0.821 bits per heavy atom.